The van der Waals surface area contributed by atoms with Crippen LogP contribution in [0.4, 0.5) is 16.2 Å². The fourth-order valence-electron chi connectivity index (χ4n) is 2.04. The molecule has 2 heterocycles. The molecule has 0 radical (unpaired) electrons. The molecule has 19 heavy (non-hydrogen) atoms. The molecule has 8 heteroatoms. The highest BCUT2D eigenvalue weighted by Gasteiger charge is 2.21. The number of nitrogens with two attached hydrogens (primary N) is 1. The lowest BCUT2D eigenvalue weighted by atomic mass is 10.4. The van der Waals surface area contributed by atoms with Crippen LogP contribution in [-0.4, -0.2) is 47.5 Å². The van der Waals surface area contributed by atoms with Crippen LogP contribution < -0.4 is 16.2 Å². The molecular formula is C11H17FN6O. The fraction of sp³-hybridized carbons (Fsp3) is 0.545. The predicted octanol–water partition coefficient (Wildman–Crippen LogP) is -0.0401. The summed E-state index contributed by atoms with van der Waals surface area (Å²) in [5, 5.41) is 0. The zero-order chi connectivity index (χ0) is 13.8. The number of rotatable bonds is 4. The van der Waals surface area contributed by atoms with Crippen molar-refractivity contribution in [2.45, 2.75) is 12.8 Å². The smallest absolute Gasteiger partial charge is 0.242 e. The second kappa shape index (κ2) is 5.79. The summed E-state index contributed by atoms with van der Waals surface area (Å²) in [6.45, 7) is 1.63. The quantitative estimate of drug-likeness (QED) is 0.588. The molecule has 1 aromatic rings. The minimum absolute atomic E-state index is 0.0275. The summed E-state index contributed by atoms with van der Waals surface area (Å²) in [6.07, 6.45) is 3.07. The number of aromatic nitrogens is 2. The summed E-state index contributed by atoms with van der Waals surface area (Å²) in [5.74, 6) is 4.72. The Hall–Kier alpha value is -1.96. The number of halogens is 1. The lowest BCUT2D eigenvalue weighted by molar-refractivity contribution is -0.128. The van der Waals surface area contributed by atoms with Gasteiger partial charge in [0.2, 0.25) is 11.9 Å². The molecule has 1 amide bonds. The van der Waals surface area contributed by atoms with Gasteiger partial charge < -0.3 is 9.80 Å². The van der Waals surface area contributed by atoms with E-state index < -0.39 is 5.82 Å². The molecule has 0 aromatic carbocycles. The van der Waals surface area contributed by atoms with E-state index in [1.54, 1.807) is 11.9 Å². The third kappa shape index (κ3) is 3.08. The van der Waals surface area contributed by atoms with Gasteiger partial charge in [0.1, 0.15) is 0 Å². The van der Waals surface area contributed by atoms with Gasteiger partial charge in [-0.05, 0) is 12.8 Å². The minimum Gasteiger partial charge on any atom is -0.348 e. The monoisotopic (exact) mass is 268 g/mol. The number of anilines is 2. The van der Waals surface area contributed by atoms with E-state index in [0.29, 0.717) is 0 Å². The Labute approximate surface area is 110 Å². The van der Waals surface area contributed by atoms with E-state index in [0.717, 1.165) is 32.1 Å². The second-order valence-electron chi connectivity index (χ2n) is 4.45. The minimum atomic E-state index is -0.587. The topological polar surface area (TPSA) is 87.4 Å². The Morgan fingerprint density at radius 1 is 1.58 bits per heavy atom. The van der Waals surface area contributed by atoms with Crippen LogP contribution >= 0.6 is 0 Å². The molecule has 3 N–H and O–H groups in total. The second-order valence-corrected chi connectivity index (χ2v) is 4.45. The molecule has 1 aliphatic rings. The average Bonchev–Trinajstić information content (AvgIpc) is 2.93. The van der Waals surface area contributed by atoms with Gasteiger partial charge in [-0.25, -0.2) is 15.2 Å². The summed E-state index contributed by atoms with van der Waals surface area (Å²) in [7, 11) is 1.61. The molecular weight excluding hydrogens is 251 g/mol. The maximum Gasteiger partial charge on any atom is 0.242 e. The number of hydrogen-bond donors (Lipinski definition) is 2. The van der Waals surface area contributed by atoms with Gasteiger partial charge in [0, 0.05) is 20.1 Å². The van der Waals surface area contributed by atoms with E-state index in [4.69, 9.17) is 5.84 Å². The van der Waals surface area contributed by atoms with E-state index >= 15 is 0 Å². The molecule has 1 aromatic heterocycles. The molecule has 1 fully saturated rings. The Morgan fingerprint density at radius 2 is 2.26 bits per heavy atom. The molecule has 0 bridgehead atoms. The lowest BCUT2D eigenvalue weighted by Crippen LogP contribution is -2.38. The maximum absolute atomic E-state index is 13.6. The Balaban J connectivity index is 2.06. The largest absolute Gasteiger partial charge is 0.348 e. The van der Waals surface area contributed by atoms with Crippen LogP contribution in [0.3, 0.4) is 0 Å². The number of nitrogen functional groups attached to an aromatic ring is 1. The van der Waals surface area contributed by atoms with Crippen molar-refractivity contribution in [1.82, 2.24) is 14.9 Å². The maximum atomic E-state index is 13.6. The summed E-state index contributed by atoms with van der Waals surface area (Å²) in [6, 6.07) is 0. The standard InChI is InChI=1S/C11H17FN6O/c1-17(7-9(19)18-4-2-3-5-18)10-8(12)6-14-11(15-10)16-13/h6H,2-5,7,13H2,1H3,(H,14,15,16). The van der Waals surface area contributed by atoms with Gasteiger partial charge in [-0.15, -0.1) is 0 Å². The third-order valence-electron chi connectivity index (χ3n) is 3.05. The Bertz CT molecular complexity index is 462. The van der Waals surface area contributed by atoms with Crippen molar-refractivity contribution < 1.29 is 9.18 Å². The number of nitrogens with zero attached hydrogens (tertiary/aromatic N) is 4. The van der Waals surface area contributed by atoms with Crippen molar-refractivity contribution in [3.8, 4) is 0 Å². The number of hydrazine groups is 1. The molecule has 104 valence electrons. The fourth-order valence-corrected chi connectivity index (χ4v) is 2.04. The van der Waals surface area contributed by atoms with Crippen LogP contribution in [0.15, 0.2) is 6.20 Å². The number of likely N-dealkylation sites (N-methyl/N-ethyl adjacent to an activating group) is 1. The van der Waals surface area contributed by atoms with Gasteiger partial charge in [-0.3, -0.25) is 10.2 Å². The first-order valence-electron chi connectivity index (χ1n) is 6.10. The number of nitrogens with one attached hydrogen (secondary N) is 1. The van der Waals surface area contributed by atoms with E-state index in [1.807, 2.05) is 0 Å². The summed E-state index contributed by atoms with van der Waals surface area (Å²) in [5.41, 5.74) is 2.25. The summed E-state index contributed by atoms with van der Waals surface area (Å²) in [4.78, 5) is 22.8. The highest BCUT2D eigenvalue weighted by Crippen LogP contribution is 2.16. The Kier molecular flexibility index (Phi) is 4.10. The van der Waals surface area contributed by atoms with Crippen molar-refractivity contribution >= 4 is 17.7 Å². The number of amides is 1. The van der Waals surface area contributed by atoms with Crippen LogP contribution in [0.5, 0.6) is 0 Å². The Morgan fingerprint density at radius 3 is 2.89 bits per heavy atom. The lowest BCUT2D eigenvalue weighted by Gasteiger charge is -2.22. The van der Waals surface area contributed by atoms with Gasteiger partial charge in [0.15, 0.2) is 11.6 Å². The molecule has 7 nitrogen and oxygen atoms in total. The van der Waals surface area contributed by atoms with Crippen molar-refractivity contribution in [3.05, 3.63) is 12.0 Å². The highest BCUT2D eigenvalue weighted by atomic mass is 19.1. The van der Waals surface area contributed by atoms with Gasteiger partial charge in [0.25, 0.3) is 0 Å². The number of likely N-dealkylation sites (tertiary alicyclic amines) is 1. The first-order chi connectivity index (χ1) is 9.11. The van der Waals surface area contributed by atoms with Gasteiger partial charge in [-0.1, -0.05) is 0 Å². The average molecular weight is 268 g/mol. The van der Waals surface area contributed by atoms with Crippen molar-refractivity contribution in [1.29, 1.82) is 0 Å². The van der Waals surface area contributed by atoms with Crippen molar-refractivity contribution in [3.63, 3.8) is 0 Å². The van der Waals surface area contributed by atoms with E-state index in [2.05, 4.69) is 15.4 Å². The van der Waals surface area contributed by atoms with Crippen molar-refractivity contribution in [2.24, 2.45) is 5.84 Å². The number of carbonyl (C=O) groups excluding carboxylic acids is 1. The van der Waals surface area contributed by atoms with E-state index in [-0.39, 0.29) is 24.2 Å². The summed E-state index contributed by atoms with van der Waals surface area (Å²) < 4.78 is 13.6. The molecule has 1 saturated heterocycles. The number of carbonyl (C=O) groups is 1. The first-order valence-corrected chi connectivity index (χ1v) is 6.10. The highest BCUT2D eigenvalue weighted by molar-refractivity contribution is 5.81. The molecule has 0 unspecified atom stereocenters. The number of hydrogen-bond acceptors (Lipinski definition) is 6. The zero-order valence-electron chi connectivity index (χ0n) is 10.8. The van der Waals surface area contributed by atoms with Crippen LogP contribution in [0.1, 0.15) is 12.8 Å². The predicted molar refractivity (Wildman–Crippen MR) is 68.9 cm³/mol. The SMILES string of the molecule is CN(CC(=O)N1CCCC1)c1nc(NN)ncc1F. The molecule has 2 rings (SSSR count). The van der Waals surface area contributed by atoms with Crippen LogP contribution in [0, 0.1) is 5.82 Å². The van der Waals surface area contributed by atoms with Gasteiger partial charge >= 0.3 is 0 Å². The first kappa shape index (κ1) is 13.5. The molecule has 0 atom stereocenters. The molecule has 0 aliphatic carbocycles. The van der Waals surface area contributed by atoms with Crippen LogP contribution in [-0.2, 0) is 4.79 Å². The van der Waals surface area contributed by atoms with E-state index in [9.17, 15) is 9.18 Å². The van der Waals surface area contributed by atoms with Gasteiger partial charge in [-0.2, -0.15) is 4.98 Å². The van der Waals surface area contributed by atoms with Crippen molar-refractivity contribution in [2.75, 3.05) is 37.0 Å². The third-order valence-corrected chi connectivity index (χ3v) is 3.05. The molecule has 0 saturated carbocycles. The van der Waals surface area contributed by atoms with Crippen LogP contribution in [0.25, 0.3) is 0 Å². The van der Waals surface area contributed by atoms with Crippen LogP contribution in [0.2, 0.25) is 0 Å². The zero-order valence-corrected chi connectivity index (χ0v) is 10.8. The molecule has 0 spiro atoms. The van der Waals surface area contributed by atoms with Gasteiger partial charge in [0.05, 0.1) is 12.7 Å². The summed E-state index contributed by atoms with van der Waals surface area (Å²) >= 11 is 0. The molecule has 1 aliphatic heterocycles. The normalized spacial score (nSPS) is 14.6. The van der Waals surface area contributed by atoms with E-state index in [1.165, 1.54) is 4.90 Å².